The Labute approximate surface area is 770 Å². The minimum atomic E-state index is -0.425. The number of rotatable bonds is 13. The summed E-state index contributed by atoms with van der Waals surface area (Å²) in [7, 11) is 0. The van der Waals surface area contributed by atoms with Crippen LogP contribution in [0.1, 0.15) is 99.9 Å². The van der Waals surface area contributed by atoms with Gasteiger partial charge in [0, 0.05) is 88.5 Å². The van der Waals surface area contributed by atoms with E-state index in [2.05, 4.69) is 499 Å². The molecule has 0 N–H and O–H groups in total. The van der Waals surface area contributed by atoms with Crippen molar-refractivity contribution in [2.24, 2.45) is 0 Å². The van der Waals surface area contributed by atoms with Crippen molar-refractivity contribution >= 4 is 99.3 Å². The van der Waals surface area contributed by atoms with Gasteiger partial charge >= 0.3 is 0 Å². The molecule has 2 heterocycles. The van der Waals surface area contributed by atoms with E-state index in [1.165, 1.54) is 176 Å². The number of nitrogens with zero attached hydrogens (tertiary/aromatic N) is 4. The lowest BCUT2D eigenvalue weighted by Crippen LogP contribution is -2.25. The Morgan fingerprint density at radius 2 is 0.545 bits per heavy atom. The Kier molecular flexibility index (Phi) is 16.9. The Balaban J connectivity index is 0.630. The molecule has 20 aromatic carbocycles. The predicted octanol–water partition coefficient (Wildman–Crippen LogP) is 34.7. The van der Waals surface area contributed by atoms with E-state index in [4.69, 9.17) is 0 Å². The summed E-state index contributed by atoms with van der Waals surface area (Å²) in [4.78, 5) is 5.10. The molecule has 4 aliphatic carbocycles. The quantitative estimate of drug-likeness (QED) is 0.114. The fourth-order valence-electron chi connectivity index (χ4n) is 23.7. The molecule has 26 rings (SSSR count). The lowest BCUT2D eigenvalue weighted by Gasteiger charge is -2.36. The van der Waals surface area contributed by atoms with Crippen LogP contribution in [-0.4, -0.2) is 9.13 Å². The second-order valence-corrected chi connectivity index (χ2v) is 39.1. The topological polar surface area (TPSA) is 16.3 Å². The van der Waals surface area contributed by atoms with Crippen molar-refractivity contribution in [1.82, 2.24) is 9.13 Å². The lowest BCUT2D eigenvalue weighted by molar-refractivity contribution is 0.629. The second-order valence-electron chi connectivity index (χ2n) is 39.1. The molecule has 626 valence electrons. The lowest BCUT2D eigenvalue weighted by atomic mass is 9.67. The van der Waals surface area contributed by atoms with E-state index in [-0.39, 0.29) is 16.2 Å². The molecular weight excluding hydrogens is 1590 g/mol. The molecule has 4 nitrogen and oxygen atoms in total. The van der Waals surface area contributed by atoms with Crippen molar-refractivity contribution in [3.63, 3.8) is 0 Å². The van der Waals surface area contributed by atoms with Crippen LogP contribution in [0.15, 0.2) is 425 Å². The fraction of sp³-hybridized carbons (Fsp3) is 0.0938. The Hall–Kier alpha value is -15.9. The van der Waals surface area contributed by atoms with Crippen LogP contribution < -0.4 is 9.80 Å². The highest BCUT2D eigenvalue weighted by Crippen LogP contribution is 2.63. The van der Waals surface area contributed by atoms with Crippen LogP contribution in [0.25, 0.3) is 177 Å². The van der Waals surface area contributed by atoms with Crippen molar-refractivity contribution in [1.29, 1.82) is 0 Å². The Morgan fingerprint density at radius 3 is 1.10 bits per heavy atom. The maximum absolute atomic E-state index is 2.61. The number of anilines is 6. The van der Waals surface area contributed by atoms with Crippen LogP contribution >= 0.6 is 0 Å². The number of para-hydroxylation sites is 4. The molecule has 4 aliphatic rings. The van der Waals surface area contributed by atoms with E-state index >= 15 is 0 Å². The van der Waals surface area contributed by atoms with Crippen LogP contribution in [0.5, 0.6) is 0 Å². The number of fused-ring (bicyclic) bond motifs is 19. The first-order chi connectivity index (χ1) is 64.5. The third-order valence-electron chi connectivity index (χ3n) is 30.5. The molecule has 0 saturated heterocycles. The first-order valence-corrected chi connectivity index (χ1v) is 46.6. The van der Waals surface area contributed by atoms with Crippen LogP contribution in [-0.2, 0) is 21.7 Å². The van der Waals surface area contributed by atoms with Crippen LogP contribution in [0.4, 0.5) is 34.1 Å². The number of hydrogen-bond acceptors (Lipinski definition) is 2. The van der Waals surface area contributed by atoms with E-state index in [0.29, 0.717) is 0 Å². The average molecular weight is 1690 g/mol. The normalized spacial score (nSPS) is 14.2. The molecule has 0 radical (unpaired) electrons. The van der Waals surface area contributed by atoms with E-state index in [1.807, 2.05) is 0 Å². The first-order valence-electron chi connectivity index (χ1n) is 46.6. The van der Waals surface area contributed by atoms with Crippen molar-refractivity contribution in [3.05, 3.63) is 469 Å². The third-order valence-corrected chi connectivity index (χ3v) is 30.5. The van der Waals surface area contributed by atoms with Gasteiger partial charge in [-0.3, -0.25) is 0 Å². The molecule has 0 bridgehead atoms. The van der Waals surface area contributed by atoms with Gasteiger partial charge in [0.15, 0.2) is 0 Å². The smallest absolute Gasteiger partial charge is 0.0549 e. The molecule has 0 amide bonds. The van der Waals surface area contributed by atoms with E-state index in [1.54, 1.807) is 0 Å². The third kappa shape index (κ3) is 11.5. The van der Waals surface area contributed by atoms with Gasteiger partial charge in [-0.1, -0.05) is 334 Å². The van der Waals surface area contributed by atoms with Gasteiger partial charge in [-0.05, 0) is 301 Å². The molecular formula is C128H94N4. The molecule has 4 heteroatoms. The molecule has 132 heavy (non-hydrogen) atoms. The maximum atomic E-state index is 2.61. The zero-order valence-corrected chi connectivity index (χ0v) is 75.2. The highest BCUT2D eigenvalue weighted by molar-refractivity contribution is 6.14. The summed E-state index contributed by atoms with van der Waals surface area (Å²) in [6, 6.07) is 161. The number of hydrogen-bond donors (Lipinski definition) is 0. The highest BCUT2D eigenvalue weighted by atomic mass is 15.2. The van der Waals surface area contributed by atoms with Gasteiger partial charge < -0.3 is 18.9 Å². The fourth-order valence-corrected chi connectivity index (χ4v) is 23.7. The summed E-state index contributed by atoms with van der Waals surface area (Å²) in [5.41, 5.74) is 45.3. The summed E-state index contributed by atoms with van der Waals surface area (Å²) < 4.78 is 4.80. The predicted molar refractivity (Wildman–Crippen MR) is 557 cm³/mol. The van der Waals surface area contributed by atoms with Gasteiger partial charge in [0.2, 0.25) is 0 Å². The molecule has 0 saturated carbocycles. The van der Waals surface area contributed by atoms with Gasteiger partial charge in [0.05, 0.1) is 33.4 Å². The molecule has 0 atom stereocenters. The zero-order valence-electron chi connectivity index (χ0n) is 75.2. The summed E-state index contributed by atoms with van der Waals surface area (Å²) in [5, 5.41) is 10.1. The van der Waals surface area contributed by atoms with Crippen molar-refractivity contribution in [3.8, 4) is 112 Å². The molecule has 0 unspecified atom stereocenters. The minimum absolute atomic E-state index is 0.189. The second kappa shape index (κ2) is 28.8. The summed E-state index contributed by atoms with van der Waals surface area (Å²) >= 11 is 0. The monoisotopic (exact) mass is 1690 g/mol. The summed E-state index contributed by atoms with van der Waals surface area (Å²) in [5.74, 6) is 0. The van der Waals surface area contributed by atoms with Gasteiger partial charge in [-0.2, -0.15) is 0 Å². The van der Waals surface area contributed by atoms with Crippen LogP contribution in [0.3, 0.4) is 0 Å². The molecule has 0 aliphatic heterocycles. The van der Waals surface area contributed by atoms with E-state index in [9.17, 15) is 0 Å². The van der Waals surface area contributed by atoms with Crippen LogP contribution in [0, 0.1) is 0 Å². The Morgan fingerprint density at radius 1 is 0.182 bits per heavy atom. The van der Waals surface area contributed by atoms with Crippen molar-refractivity contribution in [2.75, 3.05) is 9.80 Å². The van der Waals surface area contributed by atoms with Gasteiger partial charge in [0.1, 0.15) is 0 Å². The average Bonchev–Trinajstić information content (AvgIpc) is 1.50. The van der Waals surface area contributed by atoms with Gasteiger partial charge in [-0.15, -0.1) is 0 Å². The molecule has 22 aromatic rings. The minimum Gasteiger partial charge on any atom is -0.310 e. The molecule has 0 spiro atoms. The SMILES string of the molecule is CC1(C)c2cc3c(cc2-c2c(N(c4ccc(-c5cccc(-c6cc(N(c7ccc(-c8ccccc8)cc7)c7ccc(-c8ccc9c(c8)c8ccccc8n9-c8ccccc8)cc7)c7c(c6)C(C)(C)c6cc8c(cc6-7)-c6cccc7cccc(c67)C8(C)C)c5)cc4)c4ccc(-c5ccc6c(c5)c5ccccc5n6-c5ccccc5)cc4)cccc21)-c1c(ccc2ccccc12)C3(C)C. The summed E-state index contributed by atoms with van der Waals surface area (Å²) in [6.07, 6.45) is 0. The molecule has 2 aromatic heterocycles. The molecule has 0 fully saturated rings. The first kappa shape index (κ1) is 77.3. The largest absolute Gasteiger partial charge is 0.310 e. The van der Waals surface area contributed by atoms with E-state index in [0.717, 1.165) is 78.9 Å². The van der Waals surface area contributed by atoms with E-state index < -0.39 is 5.41 Å². The standard InChI is InChI=1S/C128H94N4/c1-125(2)107-43-26-32-85-31-25-42-100(121(85)107)101-75-105-113(77-110(101)125)128(7,8)114-73-90(74-120(124(105)114)130(95-59-48-80(49-60-95)79-28-12-9-13-29-79)96-65-54-83(55-66-96)89-58-69-118-103(72-89)99-41-21-23-46-116(99)132(118)92-37-16-11-17-38-92)87-34-24-33-86(70-87)81-50-61-93(62-51-81)129(94-63-52-82(53-64-94)88-57-68-117-102(71-88)98-40-20-22-45-115(98)131(117)91-35-14-10-15-36-91)119-47-27-44-108-123(119)106-76-104-111(78-112(106)126(108,3)4)127(5,6)109-67-56-84-30-18-19-39-97(84)122(104)109/h9-78H,1-8H3. The number of aromatic nitrogens is 2. The van der Waals surface area contributed by atoms with Gasteiger partial charge in [-0.25, -0.2) is 0 Å². The maximum Gasteiger partial charge on any atom is 0.0549 e. The zero-order chi connectivity index (χ0) is 88.4. The Bertz CT molecular complexity index is 8570. The van der Waals surface area contributed by atoms with Crippen molar-refractivity contribution in [2.45, 2.75) is 77.0 Å². The van der Waals surface area contributed by atoms with Crippen LogP contribution in [0.2, 0.25) is 0 Å². The van der Waals surface area contributed by atoms with Crippen molar-refractivity contribution < 1.29 is 0 Å². The van der Waals surface area contributed by atoms with Gasteiger partial charge in [0.25, 0.3) is 0 Å². The summed E-state index contributed by atoms with van der Waals surface area (Å²) in [6.45, 7) is 19.6. The number of benzene rings is 20. The highest BCUT2D eigenvalue weighted by Gasteiger charge is 2.46.